The molecule has 1 heterocycles. The smallest absolute Gasteiger partial charge is 0.346 e. The van der Waals surface area contributed by atoms with Crippen molar-refractivity contribution in [2.75, 3.05) is 0 Å². The highest BCUT2D eigenvalue weighted by Crippen LogP contribution is 2.21. The largest absolute Gasteiger partial charge is 0.386 e. The van der Waals surface area contributed by atoms with E-state index < -0.39 is 11.9 Å². The zero-order chi connectivity index (χ0) is 10.1. The highest BCUT2D eigenvalue weighted by atomic mass is 16.6. The number of aryl methyl sites for hydroxylation is 1. The van der Waals surface area contributed by atoms with E-state index in [2.05, 4.69) is 4.74 Å². The minimum atomic E-state index is -0.591. The first-order valence-corrected chi connectivity index (χ1v) is 4.22. The molecule has 14 heavy (non-hydrogen) atoms. The van der Waals surface area contributed by atoms with Gasteiger partial charge in [0.15, 0.2) is 0 Å². The summed E-state index contributed by atoms with van der Waals surface area (Å²) < 4.78 is 4.40. The molecule has 0 amide bonds. The van der Waals surface area contributed by atoms with E-state index in [0.717, 1.165) is 11.1 Å². The number of carbonyl (C=O) groups is 2. The van der Waals surface area contributed by atoms with Gasteiger partial charge < -0.3 is 4.74 Å². The van der Waals surface area contributed by atoms with Crippen LogP contribution in [0.1, 0.15) is 11.1 Å². The number of esters is 2. The van der Waals surface area contributed by atoms with E-state index in [-0.39, 0.29) is 0 Å². The predicted octanol–water partition coefficient (Wildman–Crippen LogP) is 1.46. The van der Waals surface area contributed by atoms with E-state index in [1.54, 1.807) is 6.07 Å². The molecule has 1 aliphatic heterocycles. The summed E-state index contributed by atoms with van der Waals surface area (Å²) >= 11 is 0. The fourth-order valence-electron chi connectivity index (χ4n) is 1.37. The average Bonchev–Trinajstić information content (AvgIpc) is 2.45. The minimum Gasteiger partial charge on any atom is -0.386 e. The Balaban J connectivity index is 2.45. The van der Waals surface area contributed by atoms with E-state index in [9.17, 15) is 9.59 Å². The number of rotatable bonds is 1. The van der Waals surface area contributed by atoms with E-state index in [4.69, 9.17) is 0 Å². The van der Waals surface area contributed by atoms with E-state index in [0.29, 0.717) is 5.57 Å². The molecule has 0 unspecified atom stereocenters. The maximum Gasteiger partial charge on any atom is 0.346 e. The Morgan fingerprint density at radius 2 is 2.00 bits per heavy atom. The molecule has 0 fully saturated rings. The van der Waals surface area contributed by atoms with Gasteiger partial charge in [0.2, 0.25) is 0 Å². The van der Waals surface area contributed by atoms with Crippen molar-refractivity contribution >= 4 is 17.5 Å². The Morgan fingerprint density at radius 1 is 1.21 bits per heavy atom. The molecule has 0 saturated carbocycles. The van der Waals surface area contributed by atoms with Crippen molar-refractivity contribution in [2.24, 2.45) is 0 Å². The summed E-state index contributed by atoms with van der Waals surface area (Å²) in [6.45, 7) is 1.92. The van der Waals surface area contributed by atoms with Crippen LogP contribution in [0.3, 0.4) is 0 Å². The van der Waals surface area contributed by atoms with E-state index >= 15 is 0 Å². The molecule has 0 atom stereocenters. The first kappa shape index (κ1) is 8.69. The van der Waals surface area contributed by atoms with Crippen LogP contribution < -0.4 is 0 Å². The van der Waals surface area contributed by atoms with Crippen molar-refractivity contribution in [2.45, 2.75) is 6.92 Å². The normalized spacial score (nSPS) is 15.4. The maximum atomic E-state index is 11.2. The Bertz CT molecular complexity index is 444. The molecule has 1 aromatic rings. The lowest BCUT2D eigenvalue weighted by atomic mass is 10.0. The SMILES string of the molecule is Cc1cccc(C2=CC(=O)OC2=O)c1. The number of cyclic esters (lactones) is 2. The Kier molecular flexibility index (Phi) is 1.93. The van der Waals surface area contributed by atoms with Gasteiger partial charge in [0.1, 0.15) is 0 Å². The lowest BCUT2D eigenvalue weighted by molar-refractivity contribution is -0.149. The van der Waals surface area contributed by atoms with Crippen molar-refractivity contribution < 1.29 is 14.3 Å². The molecule has 0 aromatic heterocycles. The second-order valence-electron chi connectivity index (χ2n) is 3.14. The summed E-state index contributed by atoms with van der Waals surface area (Å²) in [5.41, 5.74) is 2.09. The van der Waals surface area contributed by atoms with Gasteiger partial charge in [-0.15, -0.1) is 0 Å². The van der Waals surface area contributed by atoms with Crippen molar-refractivity contribution in [3.63, 3.8) is 0 Å². The van der Waals surface area contributed by atoms with Gasteiger partial charge in [0.05, 0.1) is 5.57 Å². The van der Waals surface area contributed by atoms with Crippen molar-refractivity contribution in [3.8, 4) is 0 Å². The Morgan fingerprint density at radius 3 is 2.57 bits per heavy atom. The molecule has 1 aromatic carbocycles. The molecule has 0 aliphatic carbocycles. The number of hydrogen-bond acceptors (Lipinski definition) is 3. The van der Waals surface area contributed by atoms with Crippen LogP contribution in [0.25, 0.3) is 5.57 Å². The maximum absolute atomic E-state index is 11.2. The fourth-order valence-corrected chi connectivity index (χ4v) is 1.37. The summed E-state index contributed by atoms with van der Waals surface area (Å²) in [5, 5.41) is 0. The van der Waals surface area contributed by atoms with E-state index in [1.807, 2.05) is 25.1 Å². The monoisotopic (exact) mass is 188 g/mol. The summed E-state index contributed by atoms with van der Waals surface area (Å²) in [5.74, 6) is -1.16. The fraction of sp³-hybridized carbons (Fsp3) is 0.0909. The summed E-state index contributed by atoms with van der Waals surface area (Å²) in [6.07, 6.45) is 1.22. The number of benzene rings is 1. The third-order valence-corrected chi connectivity index (χ3v) is 2.00. The lowest BCUT2D eigenvalue weighted by Crippen LogP contribution is -2.01. The van der Waals surface area contributed by atoms with Gasteiger partial charge in [0.25, 0.3) is 0 Å². The van der Waals surface area contributed by atoms with Crippen molar-refractivity contribution in [1.29, 1.82) is 0 Å². The predicted molar refractivity (Wildman–Crippen MR) is 50.3 cm³/mol. The molecule has 3 nitrogen and oxygen atoms in total. The molecule has 0 saturated heterocycles. The number of hydrogen-bond donors (Lipinski definition) is 0. The topological polar surface area (TPSA) is 43.4 Å². The van der Waals surface area contributed by atoms with Crippen LogP contribution in [0.2, 0.25) is 0 Å². The molecule has 1 aliphatic rings. The van der Waals surface area contributed by atoms with E-state index in [1.165, 1.54) is 6.08 Å². The molecule has 70 valence electrons. The molecule has 2 rings (SSSR count). The lowest BCUT2D eigenvalue weighted by Gasteiger charge is -1.99. The molecule has 3 heteroatoms. The van der Waals surface area contributed by atoms with Crippen LogP contribution in [0, 0.1) is 6.92 Å². The van der Waals surface area contributed by atoms with Gasteiger partial charge >= 0.3 is 11.9 Å². The Labute approximate surface area is 81.0 Å². The standard InChI is InChI=1S/C11H8O3/c1-7-3-2-4-8(5-7)9-6-10(12)14-11(9)13/h2-6H,1H3. The van der Waals surface area contributed by atoms with Crippen LogP contribution in [0.15, 0.2) is 30.3 Å². The third kappa shape index (κ3) is 1.44. The van der Waals surface area contributed by atoms with Gasteiger partial charge in [-0.1, -0.05) is 29.8 Å². The van der Waals surface area contributed by atoms with Gasteiger partial charge in [-0.05, 0) is 12.5 Å². The summed E-state index contributed by atoms with van der Waals surface area (Å²) in [6, 6.07) is 7.37. The van der Waals surface area contributed by atoms with Gasteiger partial charge in [-0.3, -0.25) is 0 Å². The first-order chi connectivity index (χ1) is 6.66. The molecular weight excluding hydrogens is 180 g/mol. The summed E-state index contributed by atoms with van der Waals surface area (Å²) in [4.78, 5) is 22.0. The van der Waals surface area contributed by atoms with Crippen LogP contribution in [-0.4, -0.2) is 11.9 Å². The van der Waals surface area contributed by atoms with Crippen LogP contribution in [0.4, 0.5) is 0 Å². The second-order valence-corrected chi connectivity index (χ2v) is 3.14. The van der Waals surface area contributed by atoms with Gasteiger partial charge in [0, 0.05) is 6.08 Å². The number of carbonyl (C=O) groups excluding carboxylic acids is 2. The molecule has 0 N–H and O–H groups in total. The third-order valence-electron chi connectivity index (χ3n) is 2.00. The average molecular weight is 188 g/mol. The zero-order valence-corrected chi connectivity index (χ0v) is 7.61. The van der Waals surface area contributed by atoms with Crippen LogP contribution in [0.5, 0.6) is 0 Å². The van der Waals surface area contributed by atoms with Crippen molar-refractivity contribution in [3.05, 3.63) is 41.5 Å². The molecule has 0 bridgehead atoms. The highest BCUT2D eigenvalue weighted by molar-refractivity contribution is 6.28. The second kappa shape index (κ2) is 3.10. The van der Waals surface area contributed by atoms with Crippen LogP contribution in [-0.2, 0) is 14.3 Å². The molecule has 0 radical (unpaired) electrons. The Hall–Kier alpha value is -1.90. The molecule has 0 spiro atoms. The minimum absolute atomic E-state index is 0.332. The molecular formula is C11H8O3. The van der Waals surface area contributed by atoms with Gasteiger partial charge in [-0.25, -0.2) is 9.59 Å². The van der Waals surface area contributed by atoms with Gasteiger partial charge in [-0.2, -0.15) is 0 Å². The number of ether oxygens (including phenoxy) is 1. The van der Waals surface area contributed by atoms with Crippen LogP contribution >= 0.6 is 0 Å². The summed E-state index contributed by atoms with van der Waals surface area (Å²) in [7, 11) is 0. The van der Waals surface area contributed by atoms with Crippen molar-refractivity contribution in [1.82, 2.24) is 0 Å². The zero-order valence-electron chi connectivity index (χ0n) is 7.61. The quantitative estimate of drug-likeness (QED) is 0.495. The first-order valence-electron chi connectivity index (χ1n) is 4.22. The highest BCUT2D eigenvalue weighted by Gasteiger charge is 2.24.